The number of nitrogens with zero attached hydrogens (tertiary/aromatic N) is 1. The van der Waals surface area contributed by atoms with Crippen molar-refractivity contribution in [3.63, 3.8) is 0 Å². The lowest BCUT2D eigenvalue weighted by Crippen LogP contribution is -2.39. The SMILES string of the molecule is CCCNC(=O)CN1C(=O)S/C(=C\c2cc(Cl)cc(Br)c2OC)C1=O. The molecule has 1 fully saturated rings. The van der Waals surface area contributed by atoms with Gasteiger partial charge in [-0.3, -0.25) is 19.3 Å². The number of nitrogens with one attached hydrogen (secondary N) is 1. The molecule has 134 valence electrons. The fraction of sp³-hybridized carbons (Fsp3) is 0.312. The maximum Gasteiger partial charge on any atom is 0.294 e. The first-order valence-electron chi connectivity index (χ1n) is 7.42. The molecule has 1 aromatic rings. The summed E-state index contributed by atoms with van der Waals surface area (Å²) in [5.74, 6) is -0.384. The molecule has 0 saturated carbocycles. The number of imide groups is 1. The van der Waals surface area contributed by atoms with Crippen molar-refractivity contribution in [1.82, 2.24) is 10.2 Å². The van der Waals surface area contributed by atoms with Gasteiger partial charge < -0.3 is 10.1 Å². The number of methoxy groups -OCH3 is 1. The molecule has 0 aliphatic carbocycles. The molecule has 0 atom stereocenters. The molecule has 1 saturated heterocycles. The highest BCUT2D eigenvalue weighted by Gasteiger charge is 2.36. The summed E-state index contributed by atoms with van der Waals surface area (Å²) in [6, 6.07) is 3.30. The second-order valence-electron chi connectivity index (χ2n) is 5.13. The van der Waals surface area contributed by atoms with Crippen LogP contribution < -0.4 is 10.1 Å². The van der Waals surface area contributed by atoms with Gasteiger partial charge in [0.15, 0.2) is 0 Å². The number of rotatable bonds is 6. The maximum atomic E-state index is 12.4. The first-order chi connectivity index (χ1) is 11.9. The van der Waals surface area contributed by atoms with Crippen LogP contribution in [0.3, 0.4) is 0 Å². The van der Waals surface area contributed by atoms with E-state index < -0.39 is 11.1 Å². The summed E-state index contributed by atoms with van der Waals surface area (Å²) in [6.45, 7) is 2.12. The van der Waals surface area contributed by atoms with E-state index in [-0.39, 0.29) is 17.4 Å². The molecule has 0 bridgehead atoms. The lowest BCUT2D eigenvalue weighted by molar-refractivity contribution is -0.129. The van der Waals surface area contributed by atoms with E-state index >= 15 is 0 Å². The average Bonchev–Trinajstić information content (AvgIpc) is 2.80. The van der Waals surface area contributed by atoms with E-state index in [4.69, 9.17) is 16.3 Å². The highest BCUT2D eigenvalue weighted by Crippen LogP contribution is 2.37. The van der Waals surface area contributed by atoms with Crippen molar-refractivity contribution >= 4 is 62.4 Å². The summed E-state index contributed by atoms with van der Waals surface area (Å²) in [5, 5.41) is 2.61. The standard InChI is InChI=1S/C16H16BrClN2O4S/c1-3-4-19-13(21)8-20-15(22)12(25-16(20)23)6-9-5-10(18)7-11(17)14(9)24-2/h5-7H,3-4,8H2,1-2H3,(H,19,21)/b12-6-. The van der Waals surface area contributed by atoms with Crippen LogP contribution in [-0.2, 0) is 9.59 Å². The molecule has 6 nitrogen and oxygen atoms in total. The minimum Gasteiger partial charge on any atom is -0.495 e. The zero-order valence-corrected chi connectivity index (χ0v) is 16.8. The molecule has 2 rings (SSSR count). The second-order valence-corrected chi connectivity index (χ2v) is 7.41. The van der Waals surface area contributed by atoms with E-state index in [2.05, 4.69) is 21.2 Å². The molecule has 1 heterocycles. The Labute approximate surface area is 163 Å². The topological polar surface area (TPSA) is 75.7 Å². The van der Waals surface area contributed by atoms with Crippen LogP contribution in [0.2, 0.25) is 5.02 Å². The summed E-state index contributed by atoms with van der Waals surface area (Å²) in [6.07, 6.45) is 2.31. The number of halogens is 2. The molecule has 0 unspecified atom stereocenters. The fourth-order valence-corrected chi connectivity index (χ4v) is 3.97. The van der Waals surface area contributed by atoms with E-state index in [0.29, 0.717) is 27.4 Å². The maximum absolute atomic E-state index is 12.4. The van der Waals surface area contributed by atoms with Crippen molar-refractivity contribution in [3.8, 4) is 5.75 Å². The third kappa shape index (κ3) is 4.77. The van der Waals surface area contributed by atoms with Crippen LogP contribution in [0.5, 0.6) is 5.75 Å². The van der Waals surface area contributed by atoms with Crippen LogP contribution in [0.4, 0.5) is 4.79 Å². The largest absolute Gasteiger partial charge is 0.495 e. The van der Waals surface area contributed by atoms with Gasteiger partial charge in [-0.05, 0) is 52.3 Å². The molecular formula is C16H16BrClN2O4S. The van der Waals surface area contributed by atoms with Gasteiger partial charge in [0, 0.05) is 17.1 Å². The van der Waals surface area contributed by atoms with E-state index in [1.807, 2.05) is 6.92 Å². The van der Waals surface area contributed by atoms with Crippen molar-refractivity contribution in [3.05, 3.63) is 32.1 Å². The monoisotopic (exact) mass is 446 g/mol. The minimum atomic E-state index is -0.514. The molecule has 25 heavy (non-hydrogen) atoms. The van der Waals surface area contributed by atoms with Crippen LogP contribution in [0, 0.1) is 0 Å². The third-order valence-corrected chi connectivity index (χ3v) is 4.99. The Kier molecular flexibility index (Phi) is 6.92. The number of carbonyl (C=O) groups excluding carboxylic acids is 3. The van der Waals surface area contributed by atoms with Crippen LogP contribution in [0.25, 0.3) is 6.08 Å². The third-order valence-electron chi connectivity index (χ3n) is 3.28. The van der Waals surface area contributed by atoms with Crippen LogP contribution in [0.15, 0.2) is 21.5 Å². The first kappa shape index (κ1) is 19.8. The molecule has 1 aliphatic heterocycles. The van der Waals surface area contributed by atoms with Crippen LogP contribution >= 0.6 is 39.3 Å². The Balaban J connectivity index is 2.25. The lowest BCUT2D eigenvalue weighted by Gasteiger charge is -2.12. The van der Waals surface area contributed by atoms with E-state index in [1.165, 1.54) is 13.2 Å². The Bertz CT molecular complexity index is 754. The summed E-state index contributed by atoms with van der Waals surface area (Å²) in [7, 11) is 1.50. The van der Waals surface area contributed by atoms with Crippen molar-refractivity contribution in [2.45, 2.75) is 13.3 Å². The summed E-state index contributed by atoms with van der Waals surface area (Å²) < 4.78 is 5.94. The Morgan fingerprint density at radius 3 is 2.80 bits per heavy atom. The van der Waals surface area contributed by atoms with Gasteiger partial charge in [0.05, 0.1) is 16.5 Å². The molecule has 1 aromatic carbocycles. The van der Waals surface area contributed by atoms with Gasteiger partial charge in [-0.25, -0.2) is 0 Å². The molecular weight excluding hydrogens is 432 g/mol. The molecule has 9 heteroatoms. The van der Waals surface area contributed by atoms with Gasteiger partial charge in [-0.15, -0.1) is 0 Å². The Hall–Kier alpha value is -1.51. The number of ether oxygens (including phenoxy) is 1. The summed E-state index contributed by atoms with van der Waals surface area (Å²) >= 11 is 10.2. The predicted molar refractivity (Wildman–Crippen MR) is 102 cm³/mol. The van der Waals surface area contributed by atoms with Gasteiger partial charge in [-0.2, -0.15) is 0 Å². The number of thioether (sulfide) groups is 1. The zero-order valence-electron chi connectivity index (χ0n) is 13.6. The first-order valence-corrected chi connectivity index (χ1v) is 9.41. The minimum absolute atomic E-state index is 0.209. The zero-order chi connectivity index (χ0) is 18.6. The molecule has 1 aliphatic rings. The van der Waals surface area contributed by atoms with Gasteiger partial charge in [0.1, 0.15) is 12.3 Å². The van der Waals surface area contributed by atoms with E-state index in [9.17, 15) is 14.4 Å². The number of benzene rings is 1. The highest BCUT2D eigenvalue weighted by atomic mass is 79.9. The smallest absolute Gasteiger partial charge is 0.294 e. The van der Waals surface area contributed by atoms with Gasteiger partial charge in [0.2, 0.25) is 5.91 Å². The molecule has 3 amide bonds. The van der Waals surface area contributed by atoms with Crippen LogP contribution in [-0.4, -0.2) is 42.2 Å². The van der Waals surface area contributed by atoms with Crippen molar-refractivity contribution in [2.24, 2.45) is 0 Å². The van der Waals surface area contributed by atoms with E-state index in [0.717, 1.165) is 23.1 Å². The highest BCUT2D eigenvalue weighted by molar-refractivity contribution is 9.10. The molecule has 0 radical (unpaired) electrons. The van der Waals surface area contributed by atoms with Gasteiger partial charge >= 0.3 is 0 Å². The second kappa shape index (κ2) is 8.73. The quantitative estimate of drug-likeness (QED) is 0.673. The number of hydrogen-bond donors (Lipinski definition) is 1. The van der Waals surface area contributed by atoms with Crippen molar-refractivity contribution < 1.29 is 19.1 Å². The number of amides is 3. The number of carbonyl (C=O) groups is 3. The van der Waals surface area contributed by atoms with Crippen LogP contribution in [0.1, 0.15) is 18.9 Å². The number of hydrogen-bond acceptors (Lipinski definition) is 5. The van der Waals surface area contributed by atoms with Gasteiger partial charge in [0.25, 0.3) is 11.1 Å². The Morgan fingerprint density at radius 1 is 1.44 bits per heavy atom. The lowest BCUT2D eigenvalue weighted by atomic mass is 10.2. The summed E-state index contributed by atoms with van der Waals surface area (Å²) in [4.78, 5) is 37.4. The van der Waals surface area contributed by atoms with Crippen molar-refractivity contribution in [2.75, 3.05) is 20.2 Å². The van der Waals surface area contributed by atoms with Gasteiger partial charge in [-0.1, -0.05) is 18.5 Å². The predicted octanol–water partition coefficient (Wildman–Crippen LogP) is 3.67. The average molecular weight is 448 g/mol. The van der Waals surface area contributed by atoms with E-state index in [1.54, 1.807) is 12.1 Å². The molecule has 0 aromatic heterocycles. The Morgan fingerprint density at radius 2 is 2.16 bits per heavy atom. The fourth-order valence-electron chi connectivity index (χ4n) is 2.14. The normalized spacial score (nSPS) is 15.8. The van der Waals surface area contributed by atoms with Crippen molar-refractivity contribution in [1.29, 1.82) is 0 Å². The molecule has 1 N–H and O–H groups in total. The summed E-state index contributed by atoms with van der Waals surface area (Å²) in [5.41, 5.74) is 0.558. The molecule has 0 spiro atoms.